The Morgan fingerprint density at radius 2 is 1.59 bits per heavy atom. The van der Waals surface area contributed by atoms with Crippen LogP contribution >= 0.6 is 0 Å². The molecule has 5 nitrogen and oxygen atoms in total. The predicted octanol–water partition coefficient (Wildman–Crippen LogP) is 2.78. The Morgan fingerprint density at radius 1 is 0.926 bits per heavy atom. The zero-order valence-electron chi connectivity index (χ0n) is 15.9. The molecule has 2 aromatic rings. The summed E-state index contributed by atoms with van der Waals surface area (Å²) >= 11 is 0. The summed E-state index contributed by atoms with van der Waals surface area (Å²) in [5.41, 5.74) is 2.21. The normalized spacial score (nSPS) is 16.3. The number of rotatable bonds is 8. The first-order chi connectivity index (χ1) is 13.1. The van der Waals surface area contributed by atoms with Crippen molar-refractivity contribution in [3.63, 3.8) is 0 Å². The highest BCUT2D eigenvalue weighted by atomic mass is 32.2. The van der Waals surface area contributed by atoms with E-state index in [0.29, 0.717) is 26.1 Å². The Bertz CT molecular complexity index is 816. The number of sulfonamides is 1. The highest BCUT2D eigenvalue weighted by Gasteiger charge is 2.26. The quantitative estimate of drug-likeness (QED) is 0.698. The number of hydrogen-bond donors (Lipinski definition) is 0. The van der Waals surface area contributed by atoms with E-state index in [9.17, 15) is 8.42 Å². The lowest BCUT2D eigenvalue weighted by Gasteiger charge is -2.34. The maximum Gasteiger partial charge on any atom is 0.214 e. The van der Waals surface area contributed by atoms with Crippen LogP contribution < -0.4 is 4.74 Å². The van der Waals surface area contributed by atoms with E-state index < -0.39 is 10.0 Å². The van der Waals surface area contributed by atoms with E-state index in [-0.39, 0.29) is 5.75 Å². The molecule has 0 aliphatic carbocycles. The minimum atomic E-state index is -3.21. The van der Waals surface area contributed by atoms with Crippen LogP contribution in [0.1, 0.15) is 18.1 Å². The monoisotopic (exact) mass is 388 g/mol. The van der Waals surface area contributed by atoms with Gasteiger partial charge in [0.05, 0.1) is 12.4 Å². The van der Waals surface area contributed by atoms with Crippen molar-refractivity contribution < 1.29 is 13.2 Å². The summed E-state index contributed by atoms with van der Waals surface area (Å²) < 4.78 is 32.6. The van der Waals surface area contributed by atoms with Gasteiger partial charge in [-0.2, -0.15) is 4.31 Å². The molecule has 1 aliphatic rings. The molecule has 0 spiro atoms. The minimum absolute atomic E-state index is 0.171. The highest BCUT2D eigenvalue weighted by Crippen LogP contribution is 2.21. The molecule has 1 saturated heterocycles. The van der Waals surface area contributed by atoms with E-state index in [1.54, 1.807) is 4.31 Å². The van der Waals surface area contributed by atoms with Gasteiger partial charge in [0.2, 0.25) is 10.0 Å². The Kier molecular flexibility index (Phi) is 6.88. The molecule has 0 N–H and O–H groups in total. The Labute approximate surface area is 162 Å². The van der Waals surface area contributed by atoms with E-state index in [2.05, 4.69) is 11.0 Å². The zero-order valence-corrected chi connectivity index (χ0v) is 16.7. The van der Waals surface area contributed by atoms with Crippen LogP contribution in [-0.4, -0.2) is 56.2 Å². The van der Waals surface area contributed by atoms with Gasteiger partial charge in [0.25, 0.3) is 0 Å². The van der Waals surface area contributed by atoms with E-state index in [1.165, 1.54) is 0 Å². The van der Waals surface area contributed by atoms with Gasteiger partial charge in [0.1, 0.15) is 5.75 Å². The molecule has 146 valence electrons. The standard InChI is InChI=1S/C21H28N2O3S/c1-2-26-21-11-7-6-10-20(21)18-22-13-15-23(16-14-22)27(24,25)17-12-19-8-4-3-5-9-19/h3-11H,2,12-18H2,1H3. The number of hydrogen-bond acceptors (Lipinski definition) is 4. The first-order valence-corrected chi connectivity index (χ1v) is 11.1. The summed E-state index contributed by atoms with van der Waals surface area (Å²) in [6, 6.07) is 17.8. The van der Waals surface area contributed by atoms with Gasteiger partial charge in [-0.15, -0.1) is 0 Å². The molecule has 1 heterocycles. The van der Waals surface area contributed by atoms with Gasteiger partial charge < -0.3 is 4.74 Å². The Morgan fingerprint density at radius 3 is 2.30 bits per heavy atom. The molecule has 1 aliphatic heterocycles. The van der Waals surface area contributed by atoms with Gasteiger partial charge in [-0.3, -0.25) is 4.90 Å². The molecule has 6 heteroatoms. The molecule has 27 heavy (non-hydrogen) atoms. The third kappa shape index (κ3) is 5.54. The Balaban J connectivity index is 1.52. The van der Waals surface area contributed by atoms with E-state index in [4.69, 9.17) is 4.74 Å². The topological polar surface area (TPSA) is 49.9 Å². The summed E-state index contributed by atoms with van der Waals surface area (Å²) in [5, 5.41) is 0. The third-order valence-corrected chi connectivity index (χ3v) is 6.75. The molecule has 0 bridgehead atoms. The van der Waals surface area contributed by atoms with Crippen molar-refractivity contribution in [1.82, 2.24) is 9.21 Å². The van der Waals surface area contributed by atoms with Crippen molar-refractivity contribution in [3.05, 3.63) is 65.7 Å². The summed E-state index contributed by atoms with van der Waals surface area (Å²) in [6.07, 6.45) is 0.561. The van der Waals surface area contributed by atoms with Crippen LogP contribution in [-0.2, 0) is 23.0 Å². The number of para-hydroxylation sites is 1. The molecular formula is C21H28N2O3S. The number of benzene rings is 2. The molecule has 2 aromatic carbocycles. The van der Waals surface area contributed by atoms with Crippen LogP contribution in [0.15, 0.2) is 54.6 Å². The molecule has 0 radical (unpaired) electrons. The van der Waals surface area contributed by atoms with Gasteiger partial charge in [0, 0.05) is 38.3 Å². The fourth-order valence-electron chi connectivity index (χ4n) is 3.36. The number of ether oxygens (including phenoxy) is 1. The van der Waals surface area contributed by atoms with Crippen LogP contribution in [0.25, 0.3) is 0 Å². The van der Waals surface area contributed by atoms with Gasteiger partial charge >= 0.3 is 0 Å². The fourth-order valence-corrected chi connectivity index (χ4v) is 4.83. The van der Waals surface area contributed by atoms with Gasteiger partial charge in [-0.05, 0) is 25.0 Å². The smallest absolute Gasteiger partial charge is 0.214 e. The van der Waals surface area contributed by atoms with E-state index >= 15 is 0 Å². The maximum atomic E-state index is 12.7. The van der Waals surface area contributed by atoms with Crippen LogP contribution in [0.4, 0.5) is 0 Å². The second kappa shape index (κ2) is 9.35. The van der Waals surface area contributed by atoms with Crippen LogP contribution in [0.3, 0.4) is 0 Å². The number of aryl methyl sites for hydroxylation is 1. The van der Waals surface area contributed by atoms with Crippen molar-refractivity contribution in [3.8, 4) is 5.75 Å². The SMILES string of the molecule is CCOc1ccccc1CN1CCN(S(=O)(=O)CCc2ccccc2)CC1. The number of nitrogens with zero attached hydrogens (tertiary/aromatic N) is 2. The highest BCUT2D eigenvalue weighted by molar-refractivity contribution is 7.89. The molecule has 3 rings (SSSR count). The first kappa shape index (κ1) is 19.9. The second-order valence-corrected chi connectivity index (χ2v) is 8.86. The minimum Gasteiger partial charge on any atom is -0.494 e. The summed E-state index contributed by atoms with van der Waals surface area (Å²) in [5.74, 6) is 1.09. The summed E-state index contributed by atoms with van der Waals surface area (Å²) in [7, 11) is -3.21. The molecule has 0 aromatic heterocycles. The molecule has 0 amide bonds. The molecular weight excluding hydrogens is 360 g/mol. The molecule has 0 atom stereocenters. The predicted molar refractivity (Wildman–Crippen MR) is 108 cm³/mol. The molecule has 0 saturated carbocycles. The lowest BCUT2D eigenvalue weighted by atomic mass is 10.2. The lowest BCUT2D eigenvalue weighted by Crippen LogP contribution is -2.49. The Hall–Kier alpha value is -1.89. The molecule has 0 unspecified atom stereocenters. The van der Waals surface area contributed by atoms with Crippen molar-refractivity contribution in [2.75, 3.05) is 38.5 Å². The first-order valence-electron chi connectivity index (χ1n) is 9.53. The number of piperazine rings is 1. The van der Waals surface area contributed by atoms with E-state index in [0.717, 1.165) is 36.5 Å². The zero-order chi connectivity index (χ0) is 19.1. The maximum absolute atomic E-state index is 12.7. The van der Waals surface area contributed by atoms with Crippen LogP contribution in [0.2, 0.25) is 0 Å². The second-order valence-electron chi connectivity index (χ2n) is 6.77. The van der Waals surface area contributed by atoms with Crippen molar-refractivity contribution in [1.29, 1.82) is 0 Å². The van der Waals surface area contributed by atoms with Crippen LogP contribution in [0, 0.1) is 0 Å². The van der Waals surface area contributed by atoms with Crippen LogP contribution in [0.5, 0.6) is 5.75 Å². The van der Waals surface area contributed by atoms with Gasteiger partial charge in [0.15, 0.2) is 0 Å². The third-order valence-electron chi connectivity index (χ3n) is 4.88. The summed E-state index contributed by atoms with van der Waals surface area (Å²) in [4.78, 5) is 2.29. The average molecular weight is 389 g/mol. The van der Waals surface area contributed by atoms with Gasteiger partial charge in [-0.25, -0.2) is 8.42 Å². The van der Waals surface area contributed by atoms with Crippen molar-refractivity contribution in [2.24, 2.45) is 0 Å². The van der Waals surface area contributed by atoms with Crippen molar-refractivity contribution >= 4 is 10.0 Å². The van der Waals surface area contributed by atoms with Crippen molar-refractivity contribution in [2.45, 2.75) is 19.9 Å². The average Bonchev–Trinajstić information content (AvgIpc) is 2.69. The van der Waals surface area contributed by atoms with Gasteiger partial charge in [-0.1, -0.05) is 48.5 Å². The molecule has 1 fully saturated rings. The lowest BCUT2D eigenvalue weighted by molar-refractivity contribution is 0.179. The fraction of sp³-hybridized carbons (Fsp3) is 0.429. The summed E-state index contributed by atoms with van der Waals surface area (Å²) in [6.45, 7) is 5.99. The largest absolute Gasteiger partial charge is 0.494 e. The van der Waals surface area contributed by atoms with E-state index in [1.807, 2.05) is 55.5 Å².